The van der Waals surface area contributed by atoms with Crippen LogP contribution in [0.1, 0.15) is 37.3 Å². The summed E-state index contributed by atoms with van der Waals surface area (Å²) >= 11 is 0. The van der Waals surface area contributed by atoms with Gasteiger partial charge in [0.05, 0.1) is 6.10 Å². The number of ether oxygens (including phenoxy) is 1. The van der Waals surface area contributed by atoms with Gasteiger partial charge in [-0.15, -0.1) is 0 Å². The van der Waals surface area contributed by atoms with Gasteiger partial charge in [0.1, 0.15) is 0 Å². The highest BCUT2D eigenvalue weighted by atomic mass is 16.5. The predicted octanol–water partition coefficient (Wildman–Crippen LogP) is 2.84. The summed E-state index contributed by atoms with van der Waals surface area (Å²) in [6.07, 6.45) is 5.13. The summed E-state index contributed by atoms with van der Waals surface area (Å²) < 4.78 is 5.94. The molecule has 1 aliphatic heterocycles. The van der Waals surface area contributed by atoms with Crippen molar-refractivity contribution in [2.24, 2.45) is 0 Å². The zero-order valence-electron chi connectivity index (χ0n) is 13.6. The van der Waals surface area contributed by atoms with Crippen molar-refractivity contribution >= 4 is 0 Å². The molecule has 2 rings (SSSR count). The summed E-state index contributed by atoms with van der Waals surface area (Å²) in [5, 5.41) is 3.24. The maximum absolute atomic E-state index is 5.94. The summed E-state index contributed by atoms with van der Waals surface area (Å²) in [5.74, 6) is 0. The molecular weight excluding hydrogens is 260 g/mol. The fourth-order valence-electron chi connectivity index (χ4n) is 3.03. The molecule has 0 amide bonds. The molecule has 0 bridgehead atoms. The summed E-state index contributed by atoms with van der Waals surface area (Å²) in [7, 11) is 2.02. The Balaban J connectivity index is 1.91. The number of piperidine rings is 1. The van der Waals surface area contributed by atoms with Crippen molar-refractivity contribution in [3.05, 3.63) is 35.4 Å². The van der Waals surface area contributed by atoms with Crippen molar-refractivity contribution in [1.29, 1.82) is 0 Å². The minimum absolute atomic E-state index is 0.433. The van der Waals surface area contributed by atoms with Gasteiger partial charge in [-0.3, -0.25) is 4.90 Å². The highest BCUT2D eigenvalue weighted by Gasteiger charge is 2.20. The molecule has 1 saturated heterocycles. The van der Waals surface area contributed by atoms with Crippen LogP contribution < -0.4 is 5.32 Å². The maximum atomic E-state index is 5.94. The number of rotatable bonds is 8. The van der Waals surface area contributed by atoms with Crippen LogP contribution in [0.4, 0.5) is 0 Å². The van der Waals surface area contributed by atoms with Gasteiger partial charge in [-0.2, -0.15) is 0 Å². The van der Waals surface area contributed by atoms with Crippen LogP contribution >= 0.6 is 0 Å². The predicted molar refractivity (Wildman–Crippen MR) is 88.6 cm³/mol. The molecule has 3 heteroatoms. The minimum atomic E-state index is 0.433. The Morgan fingerprint density at radius 2 is 2.10 bits per heavy atom. The van der Waals surface area contributed by atoms with E-state index in [-0.39, 0.29) is 0 Å². The molecule has 1 aromatic rings. The molecule has 3 nitrogen and oxygen atoms in total. The molecule has 21 heavy (non-hydrogen) atoms. The number of hydrogen-bond acceptors (Lipinski definition) is 3. The van der Waals surface area contributed by atoms with Gasteiger partial charge in [-0.1, -0.05) is 31.2 Å². The van der Waals surface area contributed by atoms with Crippen LogP contribution in [-0.2, 0) is 17.7 Å². The second-order valence-corrected chi connectivity index (χ2v) is 5.99. The number of benzene rings is 1. The van der Waals surface area contributed by atoms with Crippen LogP contribution in [0, 0.1) is 0 Å². The summed E-state index contributed by atoms with van der Waals surface area (Å²) in [5.41, 5.74) is 2.95. The molecule has 0 aromatic heterocycles. The van der Waals surface area contributed by atoms with Gasteiger partial charge in [0.15, 0.2) is 0 Å². The molecule has 1 aliphatic rings. The SMILES string of the molecule is CCCOC1CCCN(Cc2ccccc2CCNC)C1. The van der Waals surface area contributed by atoms with E-state index in [0.29, 0.717) is 6.10 Å². The zero-order valence-corrected chi connectivity index (χ0v) is 13.6. The normalized spacial score (nSPS) is 19.8. The Labute approximate surface area is 129 Å². The second kappa shape index (κ2) is 9.19. The van der Waals surface area contributed by atoms with Gasteiger partial charge in [0.25, 0.3) is 0 Å². The van der Waals surface area contributed by atoms with Crippen molar-refractivity contribution < 1.29 is 4.74 Å². The minimum Gasteiger partial charge on any atom is -0.377 e. The fourth-order valence-corrected chi connectivity index (χ4v) is 3.03. The molecule has 0 radical (unpaired) electrons. The second-order valence-electron chi connectivity index (χ2n) is 5.99. The number of nitrogens with one attached hydrogen (secondary N) is 1. The van der Waals surface area contributed by atoms with E-state index in [1.54, 1.807) is 0 Å². The monoisotopic (exact) mass is 290 g/mol. The van der Waals surface area contributed by atoms with Crippen LogP contribution in [0.2, 0.25) is 0 Å². The molecule has 1 N–H and O–H groups in total. The first-order chi connectivity index (χ1) is 10.3. The lowest BCUT2D eigenvalue weighted by atomic mass is 10.0. The van der Waals surface area contributed by atoms with Gasteiger partial charge in [0, 0.05) is 19.7 Å². The molecular formula is C18H30N2O. The summed E-state index contributed by atoms with van der Waals surface area (Å²) in [6.45, 7) is 7.47. The van der Waals surface area contributed by atoms with Crippen LogP contribution in [0.5, 0.6) is 0 Å². The zero-order chi connectivity index (χ0) is 14.9. The third-order valence-corrected chi connectivity index (χ3v) is 4.18. The van der Waals surface area contributed by atoms with Gasteiger partial charge in [-0.25, -0.2) is 0 Å². The average Bonchev–Trinajstić information content (AvgIpc) is 2.52. The van der Waals surface area contributed by atoms with E-state index < -0.39 is 0 Å². The smallest absolute Gasteiger partial charge is 0.0702 e. The molecule has 1 unspecified atom stereocenters. The van der Waals surface area contributed by atoms with E-state index in [1.807, 2.05) is 7.05 Å². The van der Waals surface area contributed by atoms with Gasteiger partial charge in [0.2, 0.25) is 0 Å². The first kappa shape index (κ1) is 16.5. The Bertz CT molecular complexity index is 408. The Kier molecular flexibility index (Phi) is 7.20. The fraction of sp³-hybridized carbons (Fsp3) is 0.667. The number of hydrogen-bond donors (Lipinski definition) is 1. The van der Waals surface area contributed by atoms with Crippen molar-refractivity contribution in [3.63, 3.8) is 0 Å². The number of nitrogens with zero attached hydrogens (tertiary/aromatic N) is 1. The van der Waals surface area contributed by atoms with Crippen molar-refractivity contribution in [2.75, 3.05) is 33.3 Å². The Morgan fingerprint density at radius 1 is 1.29 bits per heavy atom. The van der Waals surface area contributed by atoms with Crippen LogP contribution in [0.3, 0.4) is 0 Å². The lowest BCUT2D eigenvalue weighted by Gasteiger charge is -2.33. The molecule has 118 valence electrons. The van der Waals surface area contributed by atoms with Crippen molar-refractivity contribution in [1.82, 2.24) is 10.2 Å². The Morgan fingerprint density at radius 3 is 2.86 bits per heavy atom. The molecule has 1 fully saturated rings. The third kappa shape index (κ3) is 5.42. The Hall–Kier alpha value is -0.900. The van der Waals surface area contributed by atoms with Gasteiger partial charge < -0.3 is 10.1 Å². The van der Waals surface area contributed by atoms with E-state index in [2.05, 4.69) is 41.4 Å². The maximum Gasteiger partial charge on any atom is 0.0702 e. The van der Waals surface area contributed by atoms with Gasteiger partial charge in [-0.05, 0) is 56.9 Å². The highest BCUT2D eigenvalue weighted by Crippen LogP contribution is 2.18. The van der Waals surface area contributed by atoms with E-state index in [9.17, 15) is 0 Å². The van der Waals surface area contributed by atoms with Crippen molar-refractivity contribution in [2.45, 2.75) is 45.3 Å². The number of likely N-dealkylation sites (N-methyl/N-ethyl adjacent to an activating group) is 1. The molecule has 1 heterocycles. The van der Waals surface area contributed by atoms with Gasteiger partial charge >= 0.3 is 0 Å². The number of likely N-dealkylation sites (tertiary alicyclic amines) is 1. The summed E-state index contributed by atoms with van der Waals surface area (Å²) in [6, 6.07) is 8.86. The third-order valence-electron chi connectivity index (χ3n) is 4.18. The topological polar surface area (TPSA) is 24.5 Å². The first-order valence-electron chi connectivity index (χ1n) is 8.38. The van der Waals surface area contributed by atoms with Crippen molar-refractivity contribution in [3.8, 4) is 0 Å². The molecule has 0 saturated carbocycles. The first-order valence-corrected chi connectivity index (χ1v) is 8.38. The average molecular weight is 290 g/mol. The summed E-state index contributed by atoms with van der Waals surface area (Å²) in [4.78, 5) is 2.56. The molecule has 0 aliphatic carbocycles. The highest BCUT2D eigenvalue weighted by molar-refractivity contribution is 5.27. The van der Waals surface area contributed by atoms with Crippen LogP contribution in [-0.4, -0.2) is 44.3 Å². The van der Waals surface area contributed by atoms with Crippen LogP contribution in [0.15, 0.2) is 24.3 Å². The van der Waals surface area contributed by atoms with E-state index in [1.165, 1.54) is 30.5 Å². The lowest BCUT2D eigenvalue weighted by Crippen LogP contribution is -2.39. The standard InChI is InChI=1S/C18H30N2O/c1-3-13-21-18-9-6-12-20(15-18)14-17-8-5-4-7-16(17)10-11-19-2/h4-5,7-8,18-19H,3,6,9-15H2,1-2H3. The lowest BCUT2D eigenvalue weighted by molar-refractivity contribution is -0.00228. The van der Waals surface area contributed by atoms with E-state index in [0.717, 1.165) is 39.1 Å². The molecule has 0 spiro atoms. The molecule has 1 atom stereocenters. The van der Waals surface area contributed by atoms with E-state index in [4.69, 9.17) is 4.74 Å². The quantitative estimate of drug-likeness (QED) is 0.797. The van der Waals surface area contributed by atoms with E-state index >= 15 is 0 Å². The molecule has 1 aromatic carbocycles. The van der Waals surface area contributed by atoms with Crippen LogP contribution in [0.25, 0.3) is 0 Å². The largest absolute Gasteiger partial charge is 0.377 e.